The summed E-state index contributed by atoms with van der Waals surface area (Å²) in [5.74, 6) is 1.72. The summed E-state index contributed by atoms with van der Waals surface area (Å²) in [6.07, 6.45) is 4.72. The molecule has 0 aliphatic heterocycles. The fourth-order valence-corrected chi connectivity index (χ4v) is 1.63. The van der Waals surface area contributed by atoms with Crippen LogP contribution < -0.4 is 4.74 Å². The van der Waals surface area contributed by atoms with E-state index in [9.17, 15) is 0 Å². The number of hydrogen-bond donors (Lipinski definition) is 0. The van der Waals surface area contributed by atoms with Crippen molar-refractivity contribution in [3.05, 3.63) is 42.1 Å². The molecule has 2 heterocycles. The summed E-state index contributed by atoms with van der Waals surface area (Å²) < 4.78 is 7.19. The zero-order chi connectivity index (χ0) is 11.4. The van der Waals surface area contributed by atoms with E-state index in [1.807, 2.05) is 30.6 Å². The van der Waals surface area contributed by atoms with E-state index in [0.29, 0.717) is 5.88 Å². The van der Waals surface area contributed by atoms with Crippen molar-refractivity contribution in [3.8, 4) is 5.88 Å². The molecule has 2 aromatic heterocycles. The number of ether oxygens (including phenoxy) is 1. The minimum atomic E-state index is 0.649. The fourth-order valence-electron chi connectivity index (χ4n) is 1.63. The van der Waals surface area contributed by atoms with Gasteiger partial charge in [0, 0.05) is 24.9 Å². The van der Waals surface area contributed by atoms with Gasteiger partial charge < -0.3 is 9.30 Å². The van der Waals surface area contributed by atoms with Crippen LogP contribution in [-0.4, -0.2) is 21.6 Å². The quantitative estimate of drug-likeness (QED) is 0.785. The molecule has 0 saturated carbocycles. The third-order valence-corrected chi connectivity index (χ3v) is 2.44. The van der Waals surface area contributed by atoms with Gasteiger partial charge in [-0.1, -0.05) is 13.0 Å². The zero-order valence-corrected chi connectivity index (χ0v) is 9.55. The molecular formula is C12H15N3O. The standard InChI is InChI=1S/C12H15N3O/c1-3-11-13-7-8-15(11)9-10-5-4-6-12(14-10)16-2/h4-8H,3,9H2,1-2H3. The predicted molar refractivity (Wildman–Crippen MR) is 61.5 cm³/mol. The second-order valence-corrected chi connectivity index (χ2v) is 3.50. The third kappa shape index (κ3) is 2.21. The van der Waals surface area contributed by atoms with Gasteiger partial charge >= 0.3 is 0 Å². The van der Waals surface area contributed by atoms with Gasteiger partial charge in [0.15, 0.2) is 0 Å². The number of aryl methyl sites for hydroxylation is 1. The van der Waals surface area contributed by atoms with Crippen LogP contribution in [0.1, 0.15) is 18.4 Å². The summed E-state index contributed by atoms with van der Waals surface area (Å²) in [5, 5.41) is 0. The Morgan fingerprint density at radius 3 is 3.00 bits per heavy atom. The van der Waals surface area contributed by atoms with Crippen molar-refractivity contribution >= 4 is 0 Å². The van der Waals surface area contributed by atoms with E-state index in [0.717, 1.165) is 24.5 Å². The van der Waals surface area contributed by atoms with Crippen LogP contribution in [0.5, 0.6) is 5.88 Å². The van der Waals surface area contributed by atoms with E-state index in [2.05, 4.69) is 21.5 Å². The lowest BCUT2D eigenvalue weighted by Crippen LogP contribution is -2.05. The van der Waals surface area contributed by atoms with Gasteiger partial charge in [-0.2, -0.15) is 0 Å². The van der Waals surface area contributed by atoms with Crippen LogP contribution in [0.15, 0.2) is 30.6 Å². The molecule has 0 N–H and O–H groups in total. The fraction of sp³-hybridized carbons (Fsp3) is 0.333. The second-order valence-electron chi connectivity index (χ2n) is 3.50. The van der Waals surface area contributed by atoms with Crippen LogP contribution in [0, 0.1) is 0 Å². The normalized spacial score (nSPS) is 10.4. The van der Waals surface area contributed by atoms with Crippen LogP contribution in [0.3, 0.4) is 0 Å². The highest BCUT2D eigenvalue weighted by Gasteiger charge is 2.03. The first-order chi connectivity index (χ1) is 7.83. The molecule has 0 radical (unpaired) electrons. The summed E-state index contributed by atoms with van der Waals surface area (Å²) >= 11 is 0. The monoisotopic (exact) mass is 217 g/mol. The third-order valence-electron chi connectivity index (χ3n) is 2.44. The van der Waals surface area contributed by atoms with Gasteiger partial charge in [0.1, 0.15) is 5.82 Å². The van der Waals surface area contributed by atoms with Crippen LogP contribution in [0.25, 0.3) is 0 Å². The van der Waals surface area contributed by atoms with E-state index in [1.165, 1.54) is 0 Å². The van der Waals surface area contributed by atoms with Crippen molar-refractivity contribution < 1.29 is 4.74 Å². The lowest BCUT2D eigenvalue weighted by atomic mass is 10.3. The van der Waals surface area contributed by atoms with Crippen LogP contribution >= 0.6 is 0 Å². The summed E-state index contributed by atoms with van der Waals surface area (Å²) in [6.45, 7) is 2.83. The first-order valence-corrected chi connectivity index (χ1v) is 5.33. The highest BCUT2D eigenvalue weighted by molar-refractivity contribution is 5.16. The second kappa shape index (κ2) is 4.79. The molecule has 0 bridgehead atoms. The van der Waals surface area contributed by atoms with Crippen LogP contribution in [0.2, 0.25) is 0 Å². The van der Waals surface area contributed by atoms with Gasteiger partial charge in [0.05, 0.1) is 19.3 Å². The highest BCUT2D eigenvalue weighted by Crippen LogP contribution is 2.09. The number of methoxy groups -OCH3 is 1. The molecule has 0 atom stereocenters. The molecule has 84 valence electrons. The number of nitrogens with zero attached hydrogens (tertiary/aromatic N) is 3. The minimum absolute atomic E-state index is 0.649. The molecule has 0 unspecified atom stereocenters. The Kier molecular flexibility index (Phi) is 3.19. The lowest BCUT2D eigenvalue weighted by molar-refractivity contribution is 0.396. The maximum atomic E-state index is 5.09. The zero-order valence-electron chi connectivity index (χ0n) is 9.55. The van der Waals surface area contributed by atoms with Gasteiger partial charge in [-0.05, 0) is 6.07 Å². The van der Waals surface area contributed by atoms with Crippen molar-refractivity contribution in [1.82, 2.24) is 14.5 Å². The van der Waals surface area contributed by atoms with Gasteiger partial charge in [-0.3, -0.25) is 0 Å². The summed E-state index contributed by atoms with van der Waals surface area (Å²) in [6, 6.07) is 5.78. The van der Waals surface area contributed by atoms with E-state index >= 15 is 0 Å². The molecule has 16 heavy (non-hydrogen) atoms. The molecule has 0 amide bonds. The Bertz CT molecular complexity index is 465. The molecule has 0 aliphatic rings. The summed E-state index contributed by atoms with van der Waals surface area (Å²) in [5.41, 5.74) is 0.979. The van der Waals surface area contributed by atoms with Crippen molar-refractivity contribution in [2.75, 3.05) is 7.11 Å². The molecule has 2 aromatic rings. The Labute approximate surface area is 94.9 Å². The minimum Gasteiger partial charge on any atom is -0.481 e. The summed E-state index contributed by atoms with van der Waals surface area (Å²) in [7, 11) is 1.63. The lowest BCUT2D eigenvalue weighted by Gasteiger charge is -2.06. The average molecular weight is 217 g/mol. The molecule has 0 saturated heterocycles. The smallest absolute Gasteiger partial charge is 0.213 e. The molecule has 0 fully saturated rings. The van der Waals surface area contributed by atoms with Gasteiger partial charge in [0.2, 0.25) is 5.88 Å². The number of imidazole rings is 1. The van der Waals surface area contributed by atoms with E-state index in [4.69, 9.17) is 4.74 Å². The number of pyridine rings is 1. The van der Waals surface area contributed by atoms with Gasteiger partial charge in [0.25, 0.3) is 0 Å². The maximum absolute atomic E-state index is 5.09. The van der Waals surface area contributed by atoms with Crippen molar-refractivity contribution in [1.29, 1.82) is 0 Å². The molecular weight excluding hydrogens is 202 g/mol. The first kappa shape index (κ1) is 10.7. The van der Waals surface area contributed by atoms with Crippen molar-refractivity contribution in [3.63, 3.8) is 0 Å². The molecule has 4 heteroatoms. The topological polar surface area (TPSA) is 39.9 Å². The van der Waals surface area contributed by atoms with Gasteiger partial charge in [-0.25, -0.2) is 9.97 Å². The largest absolute Gasteiger partial charge is 0.481 e. The van der Waals surface area contributed by atoms with E-state index in [-0.39, 0.29) is 0 Å². The average Bonchev–Trinajstić information content (AvgIpc) is 2.76. The molecule has 0 spiro atoms. The Hall–Kier alpha value is -1.84. The highest BCUT2D eigenvalue weighted by atomic mass is 16.5. The first-order valence-electron chi connectivity index (χ1n) is 5.33. The maximum Gasteiger partial charge on any atom is 0.213 e. The van der Waals surface area contributed by atoms with Crippen LogP contribution in [-0.2, 0) is 13.0 Å². The molecule has 0 aliphatic carbocycles. The number of rotatable bonds is 4. The summed E-state index contributed by atoms with van der Waals surface area (Å²) in [4.78, 5) is 8.65. The number of aromatic nitrogens is 3. The molecule has 2 rings (SSSR count). The number of hydrogen-bond acceptors (Lipinski definition) is 3. The Balaban J connectivity index is 2.20. The molecule has 0 aromatic carbocycles. The Morgan fingerprint density at radius 1 is 1.38 bits per heavy atom. The van der Waals surface area contributed by atoms with Crippen molar-refractivity contribution in [2.45, 2.75) is 19.9 Å². The van der Waals surface area contributed by atoms with E-state index < -0.39 is 0 Å². The van der Waals surface area contributed by atoms with Crippen LogP contribution in [0.4, 0.5) is 0 Å². The van der Waals surface area contributed by atoms with Gasteiger partial charge in [-0.15, -0.1) is 0 Å². The van der Waals surface area contributed by atoms with E-state index in [1.54, 1.807) is 7.11 Å². The Morgan fingerprint density at radius 2 is 2.25 bits per heavy atom. The SMILES string of the molecule is CCc1nccn1Cc1cccc(OC)n1. The van der Waals surface area contributed by atoms with Crippen molar-refractivity contribution in [2.24, 2.45) is 0 Å². The predicted octanol–water partition coefficient (Wildman–Crippen LogP) is 1.90. The molecule has 4 nitrogen and oxygen atoms in total.